The fourth-order valence-electron chi connectivity index (χ4n) is 1.78. The number of aromatic nitrogens is 2. The van der Waals surface area contributed by atoms with Crippen LogP contribution in [0.1, 0.15) is 12.2 Å². The zero-order chi connectivity index (χ0) is 12.1. The van der Waals surface area contributed by atoms with Gasteiger partial charge >= 0.3 is 5.97 Å². The third-order valence-corrected chi connectivity index (χ3v) is 2.62. The molecule has 1 saturated heterocycles. The van der Waals surface area contributed by atoms with E-state index in [0.717, 1.165) is 6.54 Å². The van der Waals surface area contributed by atoms with Crippen LogP contribution in [0, 0.1) is 0 Å². The largest absolute Gasteiger partial charge is 0.469 e. The van der Waals surface area contributed by atoms with Gasteiger partial charge in [0.25, 0.3) is 0 Å². The zero-order valence-corrected chi connectivity index (χ0v) is 9.66. The number of carbonyl (C=O) groups excluding carboxylic acids is 1. The van der Waals surface area contributed by atoms with Gasteiger partial charge in [-0.05, 0) is 0 Å². The van der Waals surface area contributed by atoms with E-state index in [-0.39, 0.29) is 18.5 Å². The van der Waals surface area contributed by atoms with Gasteiger partial charge in [0.05, 0.1) is 32.8 Å². The standard InChI is InChI=1S/C10H15N3O4/c1-15-10(14)4-8-5-13(2-3-16-8)6-9-11-7-17-12-9/h7-8H,2-6H2,1H3. The van der Waals surface area contributed by atoms with Gasteiger partial charge in [-0.25, -0.2) is 0 Å². The molecule has 1 aliphatic rings. The first-order valence-electron chi connectivity index (χ1n) is 5.44. The molecule has 1 aliphatic heterocycles. The summed E-state index contributed by atoms with van der Waals surface area (Å²) in [6, 6.07) is 0. The summed E-state index contributed by atoms with van der Waals surface area (Å²) in [7, 11) is 1.38. The van der Waals surface area contributed by atoms with Crippen molar-refractivity contribution in [2.24, 2.45) is 0 Å². The molecule has 17 heavy (non-hydrogen) atoms. The van der Waals surface area contributed by atoms with Crippen LogP contribution in [0.4, 0.5) is 0 Å². The molecule has 0 saturated carbocycles. The Kier molecular flexibility index (Phi) is 4.05. The molecule has 0 amide bonds. The first kappa shape index (κ1) is 12.0. The van der Waals surface area contributed by atoms with Crippen molar-refractivity contribution in [2.45, 2.75) is 19.1 Å². The van der Waals surface area contributed by atoms with Gasteiger partial charge in [-0.1, -0.05) is 5.16 Å². The molecule has 7 nitrogen and oxygen atoms in total. The van der Waals surface area contributed by atoms with E-state index in [1.165, 1.54) is 13.5 Å². The van der Waals surface area contributed by atoms with Crippen molar-refractivity contribution in [2.75, 3.05) is 26.8 Å². The number of rotatable bonds is 4. The average Bonchev–Trinajstić information content (AvgIpc) is 2.82. The second-order valence-corrected chi connectivity index (χ2v) is 3.86. The predicted octanol–water partition coefficient (Wildman–Crippen LogP) is -0.167. The Bertz CT molecular complexity index is 354. The molecule has 0 bridgehead atoms. The highest BCUT2D eigenvalue weighted by atomic mass is 16.5. The molecule has 0 N–H and O–H groups in total. The van der Waals surface area contributed by atoms with E-state index in [2.05, 4.69) is 24.3 Å². The third-order valence-electron chi connectivity index (χ3n) is 2.62. The first-order valence-corrected chi connectivity index (χ1v) is 5.44. The number of nitrogens with zero attached hydrogens (tertiary/aromatic N) is 3. The lowest BCUT2D eigenvalue weighted by atomic mass is 10.2. The van der Waals surface area contributed by atoms with Crippen LogP contribution in [0.25, 0.3) is 0 Å². The molecule has 2 heterocycles. The quantitative estimate of drug-likeness (QED) is 0.677. The summed E-state index contributed by atoms with van der Waals surface area (Å²) in [6.07, 6.45) is 1.46. The maximum atomic E-state index is 11.1. The Morgan fingerprint density at radius 2 is 2.59 bits per heavy atom. The summed E-state index contributed by atoms with van der Waals surface area (Å²) in [6.45, 7) is 2.67. The minimum absolute atomic E-state index is 0.122. The molecule has 1 fully saturated rings. The predicted molar refractivity (Wildman–Crippen MR) is 55.9 cm³/mol. The molecule has 0 aliphatic carbocycles. The van der Waals surface area contributed by atoms with E-state index in [0.29, 0.717) is 25.5 Å². The number of carbonyl (C=O) groups is 1. The molecule has 1 unspecified atom stereocenters. The molecule has 2 rings (SSSR count). The van der Waals surface area contributed by atoms with E-state index in [9.17, 15) is 4.79 Å². The SMILES string of the molecule is COC(=O)CC1CN(Cc2ncon2)CCO1. The monoisotopic (exact) mass is 241 g/mol. The Labute approximate surface area is 98.7 Å². The Balaban J connectivity index is 1.82. The van der Waals surface area contributed by atoms with Crippen molar-refractivity contribution in [1.29, 1.82) is 0 Å². The number of hydrogen-bond acceptors (Lipinski definition) is 7. The fourth-order valence-corrected chi connectivity index (χ4v) is 1.78. The van der Waals surface area contributed by atoms with E-state index < -0.39 is 0 Å². The first-order chi connectivity index (χ1) is 8.28. The van der Waals surface area contributed by atoms with Crippen molar-refractivity contribution >= 4 is 5.97 Å². The maximum absolute atomic E-state index is 11.1. The van der Waals surface area contributed by atoms with Crippen LogP contribution in [0.2, 0.25) is 0 Å². The molecule has 1 atom stereocenters. The highest BCUT2D eigenvalue weighted by Crippen LogP contribution is 2.11. The molecule has 0 spiro atoms. The molecular formula is C10H15N3O4. The lowest BCUT2D eigenvalue weighted by Gasteiger charge is -2.31. The summed E-state index contributed by atoms with van der Waals surface area (Å²) >= 11 is 0. The summed E-state index contributed by atoms with van der Waals surface area (Å²) in [5.74, 6) is 0.389. The number of esters is 1. The number of hydrogen-bond donors (Lipinski definition) is 0. The van der Waals surface area contributed by atoms with E-state index >= 15 is 0 Å². The minimum Gasteiger partial charge on any atom is -0.469 e. The summed E-state index contributed by atoms with van der Waals surface area (Å²) in [5.41, 5.74) is 0. The van der Waals surface area contributed by atoms with Gasteiger partial charge in [-0.15, -0.1) is 0 Å². The van der Waals surface area contributed by atoms with Gasteiger partial charge in [-0.2, -0.15) is 4.98 Å². The molecular weight excluding hydrogens is 226 g/mol. The zero-order valence-electron chi connectivity index (χ0n) is 9.66. The van der Waals surface area contributed by atoms with Gasteiger partial charge in [0.1, 0.15) is 0 Å². The second kappa shape index (κ2) is 5.74. The van der Waals surface area contributed by atoms with Crippen LogP contribution in [0.15, 0.2) is 10.9 Å². The van der Waals surface area contributed by atoms with Crippen molar-refractivity contribution < 1.29 is 18.8 Å². The van der Waals surface area contributed by atoms with Crippen LogP contribution < -0.4 is 0 Å². The maximum Gasteiger partial charge on any atom is 0.308 e. The van der Waals surface area contributed by atoms with E-state index in [4.69, 9.17) is 4.74 Å². The molecule has 1 aromatic rings. The topological polar surface area (TPSA) is 77.7 Å². The van der Waals surface area contributed by atoms with Crippen molar-refractivity contribution in [3.05, 3.63) is 12.2 Å². The van der Waals surface area contributed by atoms with Crippen molar-refractivity contribution in [3.63, 3.8) is 0 Å². The fraction of sp³-hybridized carbons (Fsp3) is 0.700. The smallest absolute Gasteiger partial charge is 0.308 e. The minimum atomic E-state index is -0.253. The lowest BCUT2D eigenvalue weighted by molar-refractivity contribution is -0.145. The third kappa shape index (κ3) is 3.50. The molecule has 1 aromatic heterocycles. The summed E-state index contributed by atoms with van der Waals surface area (Å²) < 4.78 is 14.8. The van der Waals surface area contributed by atoms with Gasteiger partial charge in [-0.3, -0.25) is 9.69 Å². The normalized spacial score (nSPS) is 21.4. The van der Waals surface area contributed by atoms with Crippen LogP contribution in [-0.4, -0.2) is 53.9 Å². The highest BCUT2D eigenvalue weighted by molar-refractivity contribution is 5.69. The van der Waals surface area contributed by atoms with Gasteiger partial charge in [0, 0.05) is 13.1 Å². The van der Waals surface area contributed by atoms with Crippen LogP contribution in [0.3, 0.4) is 0 Å². The van der Waals surface area contributed by atoms with E-state index in [1.54, 1.807) is 0 Å². The average molecular weight is 241 g/mol. The number of ether oxygens (including phenoxy) is 2. The molecule has 0 radical (unpaired) electrons. The molecule has 7 heteroatoms. The van der Waals surface area contributed by atoms with Crippen LogP contribution >= 0.6 is 0 Å². The molecule has 94 valence electrons. The number of morpholine rings is 1. The van der Waals surface area contributed by atoms with Crippen molar-refractivity contribution in [1.82, 2.24) is 15.0 Å². The van der Waals surface area contributed by atoms with E-state index in [1.807, 2.05) is 0 Å². The lowest BCUT2D eigenvalue weighted by Crippen LogP contribution is -2.43. The Morgan fingerprint density at radius 1 is 1.71 bits per heavy atom. The van der Waals surface area contributed by atoms with Gasteiger partial charge < -0.3 is 14.0 Å². The van der Waals surface area contributed by atoms with Crippen LogP contribution in [0.5, 0.6) is 0 Å². The Hall–Kier alpha value is -1.47. The van der Waals surface area contributed by atoms with Gasteiger partial charge in [0.15, 0.2) is 5.82 Å². The summed E-state index contributed by atoms with van der Waals surface area (Å²) in [5, 5.41) is 3.75. The summed E-state index contributed by atoms with van der Waals surface area (Å²) in [4.78, 5) is 17.2. The second-order valence-electron chi connectivity index (χ2n) is 3.86. The van der Waals surface area contributed by atoms with Gasteiger partial charge in [0.2, 0.25) is 6.39 Å². The van der Waals surface area contributed by atoms with Crippen molar-refractivity contribution in [3.8, 4) is 0 Å². The highest BCUT2D eigenvalue weighted by Gasteiger charge is 2.23. The number of methoxy groups -OCH3 is 1. The van der Waals surface area contributed by atoms with Crippen LogP contribution in [-0.2, 0) is 20.8 Å². The Morgan fingerprint density at radius 3 is 3.29 bits per heavy atom. The molecule has 0 aromatic carbocycles.